The summed E-state index contributed by atoms with van der Waals surface area (Å²) in [6.45, 7) is 8.90. The third-order valence-corrected chi connectivity index (χ3v) is 3.24. The van der Waals surface area contributed by atoms with Crippen LogP contribution in [0.3, 0.4) is 0 Å². The first-order valence-corrected chi connectivity index (χ1v) is 8.65. The van der Waals surface area contributed by atoms with Crippen LogP contribution in [-0.2, 0) is 0 Å². The van der Waals surface area contributed by atoms with Crippen molar-refractivity contribution in [3.05, 3.63) is 24.3 Å². The topological polar surface area (TPSA) is 82.0 Å². The van der Waals surface area contributed by atoms with Crippen molar-refractivity contribution in [1.29, 1.82) is 0 Å². The second kappa shape index (κ2) is 13.6. The van der Waals surface area contributed by atoms with Crippen molar-refractivity contribution in [1.82, 2.24) is 5.32 Å². The van der Waals surface area contributed by atoms with Gasteiger partial charge in [-0.25, -0.2) is 4.79 Å². The third kappa shape index (κ3) is 8.74. The van der Waals surface area contributed by atoms with Crippen LogP contribution in [0.2, 0.25) is 0 Å². The minimum absolute atomic E-state index is 0.00990. The van der Waals surface area contributed by atoms with E-state index in [1.165, 1.54) is 0 Å². The van der Waals surface area contributed by atoms with Crippen LogP contribution in [0.4, 0.5) is 10.5 Å². The molecule has 0 saturated heterocycles. The quantitative estimate of drug-likeness (QED) is 0.644. The first-order chi connectivity index (χ1) is 11.6. The standard InChI is InChI=1S/C16H26N2O4.C2H6/c1-3-4-13(2)17-16(21)22-15-7-5-14(6-8-15)18(9-11-19)10-12-20;1-2/h5-8,13,19-20H,3-4,9-12H2,1-2H3,(H,17,21);1-2H3/t13-;/m1./s1. The Labute approximate surface area is 145 Å². The molecule has 0 fully saturated rings. The summed E-state index contributed by atoms with van der Waals surface area (Å²) in [6, 6.07) is 7.07. The van der Waals surface area contributed by atoms with Gasteiger partial charge >= 0.3 is 6.09 Å². The number of nitrogens with zero attached hydrogens (tertiary/aromatic N) is 1. The smallest absolute Gasteiger partial charge is 0.410 e. The molecule has 1 atom stereocenters. The fourth-order valence-corrected chi connectivity index (χ4v) is 2.18. The van der Waals surface area contributed by atoms with E-state index in [0.717, 1.165) is 18.5 Å². The Morgan fingerprint density at radius 3 is 2.17 bits per heavy atom. The minimum atomic E-state index is -0.462. The van der Waals surface area contributed by atoms with Gasteiger partial charge in [0.15, 0.2) is 0 Å². The number of aliphatic hydroxyl groups is 2. The number of hydrogen-bond acceptors (Lipinski definition) is 5. The number of hydrogen-bond donors (Lipinski definition) is 3. The van der Waals surface area contributed by atoms with E-state index in [-0.39, 0.29) is 19.3 Å². The Morgan fingerprint density at radius 2 is 1.71 bits per heavy atom. The Bertz CT molecular complexity index is 431. The van der Waals surface area contributed by atoms with Crippen molar-refractivity contribution in [3.8, 4) is 5.75 Å². The van der Waals surface area contributed by atoms with E-state index in [0.29, 0.717) is 18.8 Å². The van der Waals surface area contributed by atoms with Gasteiger partial charge in [0.1, 0.15) is 5.75 Å². The molecule has 1 aromatic carbocycles. The molecular formula is C18H32N2O4. The van der Waals surface area contributed by atoms with Gasteiger partial charge in [-0.05, 0) is 37.6 Å². The summed E-state index contributed by atoms with van der Waals surface area (Å²) in [5.74, 6) is 0.456. The number of carbonyl (C=O) groups is 1. The van der Waals surface area contributed by atoms with Crippen LogP contribution in [0, 0.1) is 0 Å². The number of nitrogens with one attached hydrogen (secondary N) is 1. The van der Waals surface area contributed by atoms with E-state index in [4.69, 9.17) is 14.9 Å². The lowest BCUT2D eigenvalue weighted by Gasteiger charge is -2.23. The molecule has 24 heavy (non-hydrogen) atoms. The summed E-state index contributed by atoms with van der Waals surface area (Å²) < 4.78 is 5.22. The van der Waals surface area contributed by atoms with Crippen molar-refractivity contribution < 1.29 is 19.7 Å². The molecule has 3 N–H and O–H groups in total. The molecule has 0 heterocycles. The molecule has 138 valence electrons. The van der Waals surface area contributed by atoms with Crippen LogP contribution >= 0.6 is 0 Å². The lowest BCUT2D eigenvalue weighted by molar-refractivity contribution is 0.196. The minimum Gasteiger partial charge on any atom is -0.410 e. The van der Waals surface area contributed by atoms with Gasteiger partial charge in [-0.15, -0.1) is 0 Å². The molecule has 0 aromatic heterocycles. The van der Waals surface area contributed by atoms with Crippen LogP contribution in [0.15, 0.2) is 24.3 Å². The normalized spacial score (nSPS) is 11.1. The molecular weight excluding hydrogens is 308 g/mol. The number of amides is 1. The molecule has 1 amide bonds. The summed E-state index contributed by atoms with van der Waals surface area (Å²) in [6.07, 6.45) is 1.45. The molecule has 6 nitrogen and oxygen atoms in total. The Balaban J connectivity index is 0.00000254. The highest BCUT2D eigenvalue weighted by Crippen LogP contribution is 2.19. The maximum absolute atomic E-state index is 11.7. The fourth-order valence-electron chi connectivity index (χ4n) is 2.18. The zero-order valence-corrected chi connectivity index (χ0v) is 15.3. The number of rotatable bonds is 9. The van der Waals surface area contributed by atoms with E-state index < -0.39 is 6.09 Å². The summed E-state index contributed by atoms with van der Waals surface area (Å²) in [7, 11) is 0. The maximum Gasteiger partial charge on any atom is 0.412 e. The maximum atomic E-state index is 11.7. The average Bonchev–Trinajstić information content (AvgIpc) is 2.57. The molecule has 1 aromatic rings. The van der Waals surface area contributed by atoms with E-state index in [2.05, 4.69) is 12.2 Å². The monoisotopic (exact) mass is 340 g/mol. The number of benzene rings is 1. The number of ether oxygens (including phenoxy) is 1. The molecule has 6 heteroatoms. The molecule has 1 rings (SSSR count). The van der Waals surface area contributed by atoms with Crippen LogP contribution in [0.5, 0.6) is 5.75 Å². The molecule has 0 aliphatic heterocycles. The highest BCUT2D eigenvalue weighted by molar-refractivity contribution is 5.70. The zero-order valence-electron chi connectivity index (χ0n) is 15.3. The third-order valence-electron chi connectivity index (χ3n) is 3.24. The number of anilines is 1. The molecule has 0 radical (unpaired) electrons. The predicted molar refractivity (Wildman–Crippen MR) is 97.7 cm³/mol. The summed E-state index contributed by atoms with van der Waals surface area (Å²) in [4.78, 5) is 13.6. The van der Waals surface area contributed by atoms with E-state index in [9.17, 15) is 4.79 Å². The number of carbonyl (C=O) groups excluding carboxylic acids is 1. The van der Waals surface area contributed by atoms with Crippen LogP contribution in [0.1, 0.15) is 40.5 Å². The van der Waals surface area contributed by atoms with Gasteiger partial charge in [-0.1, -0.05) is 27.2 Å². The summed E-state index contributed by atoms with van der Waals surface area (Å²) >= 11 is 0. The molecule has 0 bridgehead atoms. The summed E-state index contributed by atoms with van der Waals surface area (Å²) in [5, 5.41) is 20.8. The van der Waals surface area contributed by atoms with Crippen molar-refractivity contribution in [2.45, 2.75) is 46.6 Å². The van der Waals surface area contributed by atoms with Crippen molar-refractivity contribution in [2.75, 3.05) is 31.2 Å². The van der Waals surface area contributed by atoms with E-state index in [1.54, 1.807) is 24.3 Å². The lowest BCUT2D eigenvalue weighted by Crippen LogP contribution is -2.34. The highest BCUT2D eigenvalue weighted by Gasteiger charge is 2.10. The Morgan fingerprint density at radius 1 is 1.17 bits per heavy atom. The van der Waals surface area contributed by atoms with Gasteiger partial charge in [0.2, 0.25) is 0 Å². The second-order valence-electron chi connectivity index (χ2n) is 5.15. The first-order valence-electron chi connectivity index (χ1n) is 8.65. The van der Waals surface area contributed by atoms with Crippen molar-refractivity contribution >= 4 is 11.8 Å². The molecule has 0 aliphatic rings. The van der Waals surface area contributed by atoms with Gasteiger partial charge in [0.25, 0.3) is 0 Å². The fraction of sp³-hybridized carbons (Fsp3) is 0.611. The Hall–Kier alpha value is -1.79. The van der Waals surface area contributed by atoms with Gasteiger partial charge in [-0.3, -0.25) is 0 Å². The molecule has 0 spiro atoms. The molecule has 0 saturated carbocycles. The van der Waals surface area contributed by atoms with Crippen molar-refractivity contribution in [3.63, 3.8) is 0 Å². The number of aliphatic hydroxyl groups excluding tert-OH is 2. The SMILES string of the molecule is CC.CCC[C@@H](C)NC(=O)Oc1ccc(N(CCO)CCO)cc1. The average molecular weight is 340 g/mol. The van der Waals surface area contributed by atoms with Gasteiger partial charge in [0, 0.05) is 24.8 Å². The first kappa shape index (κ1) is 22.2. The van der Waals surface area contributed by atoms with Crippen LogP contribution in [0.25, 0.3) is 0 Å². The van der Waals surface area contributed by atoms with Gasteiger partial charge in [-0.2, -0.15) is 0 Å². The predicted octanol–water partition coefficient (Wildman–Crippen LogP) is 2.78. The highest BCUT2D eigenvalue weighted by atomic mass is 16.6. The second-order valence-corrected chi connectivity index (χ2v) is 5.15. The van der Waals surface area contributed by atoms with E-state index >= 15 is 0 Å². The summed E-state index contributed by atoms with van der Waals surface area (Å²) in [5.41, 5.74) is 0.857. The van der Waals surface area contributed by atoms with Crippen LogP contribution in [-0.4, -0.2) is 48.7 Å². The molecule has 0 unspecified atom stereocenters. The largest absolute Gasteiger partial charge is 0.412 e. The van der Waals surface area contributed by atoms with Crippen LogP contribution < -0.4 is 15.0 Å². The van der Waals surface area contributed by atoms with E-state index in [1.807, 2.05) is 25.7 Å². The zero-order chi connectivity index (χ0) is 18.4. The van der Waals surface area contributed by atoms with Gasteiger partial charge in [0.05, 0.1) is 13.2 Å². The Kier molecular flexibility index (Phi) is 12.6. The lowest BCUT2D eigenvalue weighted by atomic mass is 10.2. The molecule has 0 aliphatic carbocycles. The van der Waals surface area contributed by atoms with Gasteiger partial charge < -0.3 is 25.2 Å². The van der Waals surface area contributed by atoms with Crippen molar-refractivity contribution in [2.24, 2.45) is 0 Å².